The van der Waals surface area contributed by atoms with Crippen molar-refractivity contribution in [3.63, 3.8) is 0 Å². The first-order valence-corrected chi connectivity index (χ1v) is 4.64. The van der Waals surface area contributed by atoms with E-state index >= 15 is 0 Å². The van der Waals surface area contributed by atoms with Crippen LogP contribution >= 0.6 is 0 Å². The normalized spacial score (nSPS) is 49.3. The quantitative estimate of drug-likeness (QED) is 0.545. The Morgan fingerprint density at radius 2 is 2.07 bits per heavy atom. The Morgan fingerprint density at radius 1 is 1.50 bits per heavy atom. The van der Waals surface area contributed by atoms with Crippen LogP contribution in [0.15, 0.2) is 0 Å². The van der Waals surface area contributed by atoms with E-state index in [1.54, 1.807) is 6.92 Å². The Bertz CT molecular complexity index is 190. The molecule has 1 saturated heterocycles. The summed E-state index contributed by atoms with van der Waals surface area (Å²) in [6.07, 6.45) is -2.39. The van der Waals surface area contributed by atoms with Crippen LogP contribution in [-0.4, -0.2) is 53.1 Å². The maximum absolute atomic E-state index is 9.90. The molecule has 5 nitrogen and oxygen atoms in total. The lowest BCUT2D eigenvalue weighted by atomic mass is 9.83. The largest absolute Gasteiger partial charge is 0.394 e. The van der Waals surface area contributed by atoms with E-state index in [1.807, 2.05) is 0 Å². The van der Waals surface area contributed by atoms with Crippen LogP contribution in [0.5, 0.6) is 0 Å². The molecule has 0 aromatic rings. The summed E-state index contributed by atoms with van der Waals surface area (Å²) in [7, 11) is 1.39. The molecule has 1 aliphatic rings. The van der Waals surface area contributed by atoms with E-state index in [1.165, 1.54) is 14.0 Å². The average Bonchev–Trinajstić information content (AvgIpc) is 2.15. The van der Waals surface area contributed by atoms with Crippen molar-refractivity contribution < 1.29 is 24.8 Å². The van der Waals surface area contributed by atoms with Crippen LogP contribution in [0.3, 0.4) is 0 Å². The Kier molecular flexibility index (Phi) is 3.49. The van der Waals surface area contributed by atoms with E-state index in [4.69, 9.17) is 14.6 Å². The SMILES string of the molecule is COC1OC(CO)C(C)C(O)C1(C)O. The van der Waals surface area contributed by atoms with Crippen molar-refractivity contribution in [1.29, 1.82) is 0 Å². The summed E-state index contributed by atoms with van der Waals surface area (Å²) in [6, 6.07) is 0. The third-order valence-corrected chi connectivity index (χ3v) is 2.85. The molecule has 5 heteroatoms. The van der Waals surface area contributed by atoms with Gasteiger partial charge in [0.2, 0.25) is 0 Å². The minimum Gasteiger partial charge on any atom is -0.394 e. The zero-order chi connectivity index (χ0) is 10.9. The number of rotatable bonds is 2. The molecule has 0 amide bonds. The average molecular weight is 206 g/mol. The zero-order valence-electron chi connectivity index (χ0n) is 8.67. The van der Waals surface area contributed by atoms with Gasteiger partial charge in [-0.05, 0) is 6.92 Å². The molecule has 0 spiro atoms. The third kappa shape index (κ3) is 1.78. The van der Waals surface area contributed by atoms with Crippen molar-refractivity contribution >= 4 is 0 Å². The smallest absolute Gasteiger partial charge is 0.188 e. The first kappa shape index (κ1) is 11.9. The zero-order valence-corrected chi connectivity index (χ0v) is 8.67. The predicted octanol–water partition coefficient (Wildman–Crippen LogP) is -0.902. The number of aliphatic hydroxyl groups excluding tert-OH is 2. The number of hydrogen-bond acceptors (Lipinski definition) is 5. The lowest BCUT2D eigenvalue weighted by Gasteiger charge is -2.46. The molecule has 0 radical (unpaired) electrons. The standard InChI is InChI=1S/C9H18O5/c1-5-6(4-10)14-8(13-3)9(2,12)7(5)11/h5-8,10-12H,4H2,1-3H3. The minimum absolute atomic E-state index is 0.200. The molecule has 5 unspecified atom stereocenters. The van der Waals surface area contributed by atoms with Crippen molar-refractivity contribution in [1.82, 2.24) is 0 Å². The first-order chi connectivity index (χ1) is 6.45. The lowest BCUT2D eigenvalue weighted by Crippen LogP contribution is -2.62. The summed E-state index contributed by atoms with van der Waals surface area (Å²) in [5.41, 5.74) is -1.44. The van der Waals surface area contributed by atoms with E-state index < -0.39 is 24.1 Å². The molecule has 1 fully saturated rings. The molecule has 0 saturated carbocycles. The van der Waals surface area contributed by atoms with Crippen molar-refractivity contribution in [2.75, 3.05) is 13.7 Å². The highest BCUT2D eigenvalue weighted by atomic mass is 16.7. The van der Waals surface area contributed by atoms with Gasteiger partial charge in [-0.3, -0.25) is 0 Å². The van der Waals surface area contributed by atoms with E-state index in [2.05, 4.69) is 0 Å². The van der Waals surface area contributed by atoms with Gasteiger partial charge in [0.05, 0.1) is 18.8 Å². The molecule has 0 aliphatic carbocycles. The molecule has 1 aliphatic heterocycles. The lowest BCUT2D eigenvalue weighted by molar-refractivity contribution is -0.318. The second-order valence-electron chi connectivity index (χ2n) is 3.95. The molecule has 5 atom stereocenters. The second kappa shape index (κ2) is 4.12. The first-order valence-electron chi connectivity index (χ1n) is 4.64. The molecule has 0 bridgehead atoms. The maximum Gasteiger partial charge on any atom is 0.188 e. The van der Waals surface area contributed by atoms with E-state index in [9.17, 15) is 10.2 Å². The fourth-order valence-electron chi connectivity index (χ4n) is 1.80. The van der Waals surface area contributed by atoms with Gasteiger partial charge in [0.25, 0.3) is 0 Å². The molecular weight excluding hydrogens is 188 g/mol. The topological polar surface area (TPSA) is 79.2 Å². The molecular formula is C9H18O5. The van der Waals surface area contributed by atoms with Gasteiger partial charge in [0.15, 0.2) is 6.29 Å². The van der Waals surface area contributed by atoms with Crippen molar-refractivity contribution in [3.05, 3.63) is 0 Å². The minimum atomic E-state index is -1.44. The van der Waals surface area contributed by atoms with Crippen LogP contribution in [-0.2, 0) is 9.47 Å². The molecule has 1 rings (SSSR count). The van der Waals surface area contributed by atoms with Crippen molar-refractivity contribution in [3.8, 4) is 0 Å². The Hall–Kier alpha value is -0.200. The molecule has 1 heterocycles. The van der Waals surface area contributed by atoms with Crippen molar-refractivity contribution in [2.24, 2.45) is 5.92 Å². The van der Waals surface area contributed by atoms with Gasteiger partial charge in [0.1, 0.15) is 5.60 Å². The van der Waals surface area contributed by atoms with Crippen LogP contribution in [0.2, 0.25) is 0 Å². The fraction of sp³-hybridized carbons (Fsp3) is 1.00. The summed E-state index contributed by atoms with van der Waals surface area (Å²) in [4.78, 5) is 0. The fourth-order valence-corrected chi connectivity index (χ4v) is 1.80. The number of aliphatic hydroxyl groups is 3. The monoisotopic (exact) mass is 206 g/mol. The van der Waals surface area contributed by atoms with Gasteiger partial charge in [0, 0.05) is 13.0 Å². The molecule has 84 valence electrons. The number of hydrogen-bond donors (Lipinski definition) is 3. The highest BCUT2D eigenvalue weighted by molar-refractivity contribution is 4.95. The molecule has 0 aromatic carbocycles. The molecule has 0 aromatic heterocycles. The van der Waals surface area contributed by atoms with Crippen LogP contribution < -0.4 is 0 Å². The summed E-state index contributed by atoms with van der Waals surface area (Å²) >= 11 is 0. The summed E-state index contributed by atoms with van der Waals surface area (Å²) in [6.45, 7) is 2.97. The Balaban J connectivity index is 2.83. The maximum atomic E-state index is 9.90. The van der Waals surface area contributed by atoms with E-state index in [0.29, 0.717) is 0 Å². The summed E-state index contributed by atoms with van der Waals surface area (Å²) < 4.78 is 10.2. The van der Waals surface area contributed by atoms with Gasteiger partial charge in [-0.2, -0.15) is 0 Å². The van der Waals surface area contributed by atoms with Gasteiger partial charge in [-0.15, -0.1) is 0 Å². The second-order valence-corrected chi connectivity index (χ2v) is 3.95. The molecule has 3 N–H and O–H groups in total. The number of ether oxygens (including phenoxy) is 2. The van der Waals surface area contributed by atoms with Gasteiger partial charge in [-0.1, -0.05) is 6.92 Å². The van der Waals surface area contributed by atoms with Gasteiger partial charge < -0.3 is 24.8 Å². The van der Waals surface area contributed by atoms with E-state index in [0.717, 1.165) is 0 Å². The third-order valence-electron chi connectivity index (χ3n) is 2.85. The van der Waals surface area contributed by atoms with Crippen molar-refractivity contribution in [2.45, 2.75) is 37.9 Å². The Morgan fingerprint density at radius 3 is 2.50 bits per heavy atom. The highest BCUT2D eigenvalue weighted by Gasteiger charge is 2.50. The Labute approximate surface area is 83.3 Å². The van der Waals surface area contributed by atoms with E-state index in [-0.39, 0.29) is 12.5 Å². The summed E-state index contributed by atoms with van der Waals surface area (Å²) in [5.74, 6) is -0.332. The van der Waals surface area contributed by atoms with Crippen LogP contribution in [0.4, 0.5) is 0 Å². The predicted molar refractivity (Wildman–Crippen MR) is 48.6 cm³/mol. The van der Waals surface area contributed by atoms with Crippen LogP contribution in [0.25, 0.3) is 0 Å². The van der Waals surface area contributed by atoms with Gasteiger partial charge in [-0.25, -0.2) is 0 Å². The highest BCUT2D eigenvalue weighted by Crippen LogP contribution is 2.33. The van der Waals surface area contributed by atoms with Crippen LogP contribution in [0, 0.1) is 5.92 Å². The van der Waals surface area contributed by atoms with Gasteiger partial charge >= 0.3 is 0 Å². The summed E-state index contributed by atoms with van der Waals surface area (Å²) in [5, 5.41) is 28.7. The van der Waals surface area contributed by atoms with Crippen LogP contribution in [0.1, 0.15) is 13.8 Å². The molecule has 14 heavy (non-hydrogen) atoms. The number of methoxy groups -OCH3 is 1.